The van der Waals surface area contributed by atoms with Gasteiger partial charge in [0.1, 0.15) is 0 Å². The molecule has 3 atom stereocenters. The quantitative estimate of drug-likeness (QED) is 0.800. The second kappa shape index (κ2) is 7.10. The first-order valence-electron chi connectivity index (χ1n) is 7.36. The normalized spacial score (nSPS) is 33.1. The van der Waals surface area contributed by atoms with Gasteiger partial charge in [0, 0.05) is 19.1 Å². The molecular weight excluding hydrogens is 228 g/mol. The first-order valence-corrected chi connectivity index (χ1v) is 7.36. The zero-order chi connectivity index (χ0) is 12.8. The highest BCUT2D eigenvalue weighted by Crippen LogP contribution is 2.26. The molecule has 3 N–H and O–H groups in total. The van der Waals surface area contributed by atoms with E-state index in [0.29, 0.717) is 25.0 Å². The summed E-state index contributed by atoms with van der Waals surface area (Å²) in [5, 5.41) is 3.07. The number of nitrogens with one attached hydrogen (secondary N) is 1. The third-order valence-electron chi connectivity index (χ3n) is 4.13. The van der Waals surface area contributed by atoms with Crippen LogP contribution in [0.2, 0.25) is 0 Å². The van der Waals surface area contributed by atoms with Crippen molar-refractivity contribution in [1.82, 2.24) is 5.32 Å². The molecule has 2 rings (SSSR count). The summed E-state index contributed by atoms with van der Waals surface area (Å²) in [6.07, 6.45) is 8.48. The van der Waals surface area contributed by atoms with Crippen LogP contribution in [-0.2, 0) is 9.53 Å². The molecular formula is C14H26N2O2. The summed E-state index contributed by atoms with van der Waals surface area (Å²) in [6.45, 7) is 1.52. The minimum Gasteiger partial charge on any atom is -0.379 e. The van der Waals surface area contributed by atoms with Crippen molar-refractivity contribution in [2.45, 2.75) is 63.5 Å². The van der Waals surface area contributed by atoms with E-state index < -0.39 is 0 Å². The highest BCUT2D eigenvalue weighted by Gasteiger charge is 2.21. The zero-order valence-electron chi connectivity index (χ0n) is 11.2. The van der Waals surface area contributed by atoms with E-state index in [1.807, 2.05) is 0 Å². The molecule has 4 nitrogen and oxygen atoms in total. The average Bonchev–Trinajstić information content (AvgIpc) is 2.38. The fourth-order valence-corrected chi connectivity index (χ4v) is 3.08. The monoisotopic (exact) mass is 254 g/mol. The lowest BCUT2D eigenvalue weighted by Gasteiger charge is -2.27. The molecule has 18 heavy (non-hydrogen) atoms. The maximum absolute atomic E-state index is 11.8. The van der Waals surface area contributed by atoms with E-state index in [4.69, 9.17) is 10.5 Å². The van der Waals surface area contributed by atoms with Crippen LogP contribution in [0, 0.1) is 5.92 Å². The number of rotatable bonds is 4. The van der Waals surface area contributed by atoms with Crippen LogP contribution in [0.3, 0.4) is 0 Å². The first-order chi connectivity index (χ1) is 8.74. The number of nitrogens with two attached hydrogens (primary N) is 1. The molecule has 1 aliphatic carbocycles. The lowest BCUT2D eigenvalue weighted by atomic mass is 9.83. The maximum Gasteiger partial charge on any atom is 0.220 e. The molecule has 0 aromatic heterocycles. The number of ether oxygens (including phenoxy) is 1. The van der Waals surface area contributed by atoms with Crippen molar-refractivity contribution >= 4 is 5.91 Å². The third kappa shape index (κ3) is 4.58. The highest BCUT2D eigenvalue weighted by atomic mass is 16.5. The number of carbonyl (C=O) groups excluding carboxylic acids is 1. The van der Waals surface area contributed by atoms with Crippen molar-refractivity contribution in [2.24, 2.45) is 11.7 Å². The predicted octanol–water partition coefficient (Wildman–Crippen LogP) is 1.58. The maximum atomic E-state index is 11.8. The molecule has 1 aliphatic heterocycles. The van der Waals surface area contributed by atoms with E-state index in [1.54, 1.807) is 0 Å². The molecule has 0 spiro atoms. The van der Waals surface area contributed by atoms with Crippen LogP contribution in [0.25, 0.3) is 0 Å². The summed E-state index contributed by atoms with van der Waals surface area (Å²) < 4.78 is 5.36. The topological polar surface area (TPSA) is 64.4 Å². The van der Waals surface area contributed by atoms with Gasteiger partial charge in [0.25, 0.3) is 0 Å². The number of carbonyl (C=O) groups is 1. The van der Waals surface area contributed by atoms with Gasteiger partial charge in [0.15, 0.2) is 0 Å². The van der Waals surface area contributed by atoms with Gasteiger partial charge in [-0.15, -0.1) is 0 Å². The summed E-state index contributed by atoms with van der Waals surface area (Å²) in [4.78, 5) is 11.8. The van der Waals surface area contributed by atoms with Gasteiger partial charge in [0.05, 0.1) is 12.6 Å². The molecule has 1 saturated heterocycles. The molecule has 0 aromatic rings. The van der Waals surface area contributed by atoms with Crippen molar-refractivity contribution in [3.63, 3.8) is 0 Å². The Hall–Kier alpha value is -0.610. The predicted molar refractivity (Wildman–Crippen MR) is 71.2 cm³/mol. The van der Waals surface area contributed by atoms with Gasteiger partial charge in [-0.3, -0.25) is 4.79 Å². The van der Waals surface area contributed by atoms with Gasteiger partial charge in [-0.2, -0.15) is 0 Å². The van der Waals surface area contributed by atoms with Crippen LogP contribution in [0.5, 0.6) is 0 Å². The minimum absolute atomic E-state index is 0.185. The summed E-state index contributed by atoms with van der Waals surface area (Å²) in [5.41, 5.74) is 5.96. The van der Waals surface area contributed by atoms with E-state index in [2.05, 4.69) is 5.32 Å². The van der Waals surface area contributed by atoms with Gasteiger partial charge in [0.2, 0.25) is 5.91 Å². The van der Waals surface area contributed by atoms with Crippen LogP contribution in [-0.4, -0.2) is 31.2 Å². The largest absolute Gasteiger partial charge is 0.379 e. The van der Waals surface area contributed by atoms with Gasteiger partial charge >= 0.3 is 0 Å². The van der Waals surface area contributed by atoms with E-state index in [0.717, 1.165) is 38.7 Å². The Kier molecular flexibility index (Phi) is 5.45. The molecule has 0 radical (unpaired) electrons. The molecule has 1 saturated carbocycles. The van der Waals surface area contributed by atoms with Crippen molar-refractivity contribution in [3.05, 3.63) is 0 Å². The average molecular weight is 254 g/mol. The number of hydrogen-bond donors (Lipinski definition) is 2. The standard InChI is InChI=1S/C14H26N2O2/c15-12-4-1-3-11(9-12)6-7-14(17)16-13-5-2-8-18-10-13/h11-13H,1-10,15H2,(H,16,17). The Bertz CT molecular complexity index is 265. The molecule has 3 unspecified atom stereocenters. The fraction of sp³-hybridized carbons (Fsp3) is 0.929. The van der Waals surface area contributed by atoms with Crippen LogP contribution < -0.4 is 11.1 Å². The first kappa shape index (κ1) is 13.8. The summed E-state index contributed by atoms with van der Waals surface area (Å²) in [7, 11) is 0. The van der Waals surface area contributed by atoms with Crippen molar-refractivity contribution in [1.29, 1.82) is 0 Å². The van der Waals surface area contributed by atoms with Crippen molar-refractivity contribution < 1.29 is 9.53 Å². The van der Waals surface area contributed by atoms with Crippen LogP contribution in [0.15, 0.2) is 0 Å². The highest BCUT2D eigenvalue weighted by molar-refractivity contribution is 5.76. The molecule has 104 valence electrons. The summed E-state index contributed by atoms with van der Waals surface area (Å²) in [6, 6.07) is 0.596. The van der Waals surface area contributed by atoms with Crippen LogP contribution in [0.4, 0.5) is 0 Å². The van der Waals surface area contributed by atoms with Gasteiger partial charge < -0.3 is 15.8 Å². The Morgan fingerprint density at radius 2 is 2.17 bits per heavy atom. The Labute approximate surface area is 110 Å². The molecule has 0 bridgehead atoms. The molecule has 1 amide bonds. The lowest BCUT2D eigenvalue weighted by Crippen LogP contribution is -2.40. The third-order valence-corrected chi connectivity index (χ3v) is 4.13. The number of hydrogen-bond acceptors (Lipinski definition) is 3. The number of amides is 1. The van der Waals surface area contributed by atoms with E-state index in [1.165, 1.54) is 12.8 Å². The smallest absolute Gasteiger partial charge is 0.220 e. The second-order valence-electron chi connectivity index (χ2n) is 5.81. The Balaban J connectivity index is 1.61. The van der Waals surface area contributed by atoms with Crippen molar-refractivity contribution in [2.75, 3.05) is 13.2 Å². The fourth-order valence-electron chi connectivity index (χ4n) is 3.08. The van der Waals surface area contributed by atoms with Gasteiger partial charge in [-0.05, 0) is 38.0 Å². The molecule has 1 heterocycles. The lowest BCUT2D eigenvalue weighted by molar-refractivity contribution is -0.123. The van der Waals surface area contributed by atoms with Crippen LogP contribution in [0.1, 0.15) is 51.4 Å². The van der Waals surface area contributed by atoms with Gasteiger partial charge in [-0.25, -0.2) is 0 Å². The Morgan fingerprint density at radius 3 is 2.89 bits per heavy atom. The Morgan fingerprint density at radius 1 is 1.28 bits per heavy atom. The molecule has 2 aliphatic rings. The molecule has 2 fully saturated rings. The molecule has 0 aromatic carbocycles. The van der Waals surface area contributed by atoms with E-state index >= 15 is 0 Å². The zero-order valence-corrected chi connectivity index (χ0v) is 11.2. The summed E-state index contributed by atoms with van der Waals surface area (Å²) >= 11 is 0. The van der Waals surface area contributed by atoms with Gasteiger partial charge in [-0.1, -0.05) is 12.8 Å². The summed E-state index contributed by atoms with van der Waals surface area (Å²) in [5.74, 6) is 0.840. The SMILES string of the molecule is NC1CCCC(CCC(=O)NC2CCCOC2)C1. The minimum atomic E-state index is 0.185. The molecule has 4 heteroatoms. The van der Waals surface area contributed by atoms with Crippen LogP contribution >= 0.6 is 0 Å². The van der Waals surface area contributed by atoms with Crippen molar-refractivity contribution in [3.8, 4) is 0 Å². The van der Waals surface area contributed by atoms with E-state index in [-0.39, 0.29) is 11.9 Å². The van der Waals surface area contributed by atoms with E-state index in [9.17, 15) is 4.79 Å². The second-order valence-corrected chi connectivity index (χ2v) is 5.81.